The van der Waals surface area contributed by atoms with Crippen LogP contribution < -0.4 is 5.32 Å². The first-order chi connectivity index (χ1) is 9.66. The SMILES string of the molecule is O[C@H]1CCCC[C@@H]1Nc1ccc2c(Cl)ccnc2c1F. The summed E-state index contributed by atoms with van der Waals surface area (Å²) in [7, 11) is 0. The maximum Gasteiger partial charge on any atom is 0.172 e. The summed E-state index contributed by atoms with van der Waals surface area (Å²) in [6.07, 6.45) is 4.75. The maximum absolute atomic E-state index is 14.5. The summed E-state index contributed by atoms with van der Waals surface area (Å²) in [6.45, 7) is 0. The number of halogens is 2. The smallest absolute Gasteiger partial charge is 0.172 e. The number of aliphatic hydroxyl groups excluding tert-OH is 1. The van der Waals surface area contributed by atoms with Crippen LogP contribution in [-0.4, -0.2) is 22.2 Å². The molecule has 3 nitrogen and oxygen atoms in total. The van der Waals surface area contributed by atoms with Gasteiger partial charge in [0.2, 0.25) is 0 Å². The maximum atomic E-state index is 14.5. The van der Waals surface area contributed by atoms with E-state index in [0.29, 0.717) is 16.1 Å². The summed E-state index contributed by atoms with van der Waals surface area (Å²) in [5.41, 5.74) is 0.631. The van der Waals surface area contributed by atoms with E-state index >= 15 is 0 Å². The lowest BCUT2D eigenvalue weighted by atomic mass is 9.92. The van der Waals surface area contributed by atoms with Gasteiger partial charge in [0, 0.05) is 11.6 Å². The van der Waals surface area contributed by atoms with E-state index in [0.717, 1.165) is 25.7 Å². The fourth-order valence-corrected chi connectivity index (χ4v) is 2.95. The van der Waals surface area contributed by atoms with Crippen LogP contribution in [0.3, 0.4) is 0 Å². The van der Waals surface area contributed by atoms with Crippen LogP contribution in [0.1, 0.15) is 25.7 Å². The fraction of sp³-hybridized carbons (Fsp3) is 0.400. The monoisotopic (exact) mass is 294 g/mol. The number of nitrogens with one attached hydrogen (secondary N) is 1. The predicted octanol–water partition coefficient (Wildman–Crippen LogP) is 3.74. The lowest BCUT2D eigenvalue weighted by Crippen LogP contribution is -2.36. The third kappa shape index (κ3) is 2.45. The van der Waals surface area contributed by atoms with Crippen molar-refractivity contribution < 1.29 is 9.50 Å². The molecule has 0 unspecified atom stereocenters. The van der Waals surface area contributed by atoms with Crippen molar-refractivity contribution in [3.8, 4) is 0 Å². The van der Waals surface area contributed by atoms with Crippen molar-refractivity contribution in [1.29, 1.82) is 0 Å². The molecule has 1 saturated carbocycles. The number of aromatic nitrogens is 1. The second-order valence-corrected chi connectivity index (χ2v) is 5.63. The van der Waals surface area contributed by atoms with Crippen molar-refractivity contribution in [2.75, 3.05) is 5.32 Å². The zero-order chi connectivity index (χ0) is 14.1. The number of benzene rings is 1. The molecule has 0 saturated heterocycles. The number of fused-ring (bicyclic) bond motifs is 1. The Morgan fingerprint density at radius 3 is 2.85 bits per heavy atom. The molecule has 1 aliphatic rings. The molecule has 0 aliphatic heterocycles. The van der Waals surface area contributed by atoms with Crippen molar-refractivity contribution in [1.82, 2.24) is 4.98 Å². The minimum absolute atomic E-state index is 0.102. The van der Waals surface area contributed by atoms with Crippen LogP contribution in [0.4, 0.5) is 10.1 Å². The third-order valence-corrected chi connectivity index (χ3v) is 4.20. The van der Waals surface area contributed by atoms with Gasteiger partial charge < -0.3 is 10.4 Å². The standard InChI is InChI=1S/C15H16ClFN2O/c16-10-7-8-18-15-9(10)5-6-12(14(15)17)19-11-3-1-2-4-13(11)20/h5-8,11,13,19-20H,1-4H2/t11-,13-/m0/s1. The zero-order valence-electron chi connectivity index (χ0n) is 10.9. The molecule has 5 heteroatoms. The summed E-state index contributed by atoms with van der Waals surface area (Å²) < 4.78 is 14.5. The highest BCUT2D eigenvalue weighted by Gasteiger charge is 2.24. The lowest BCUT2D eigenvalue weighted by molar-refractivity contribution is 0.116. The highest BCUT2D eigenvalue weighted by atomic mass is 35.5. The number of pyridine rings is 1. The Labute approximate surface area is 121 Å². The Bertz CT molecular complexity index is 635. The Morgan fingerprint density at radius 1 is 1.25 bits per heavy atom. The predicted molar refractivity (Wildman–Crippen MR) is 78.6 cm³/mol. The molecular formula is C15H16ClFN2O. The first-order valence-electron chi connectivity index (χ1n) is 6.84. The van der Waals surface area contributed by atoms with Crippen molar-refractivity contribution in [2.45, 2.75) is 37.8 Å². The number of anilines is 1. The van der Waals surface area contributed by atoms with Gasteiger partial charge in [0.25, 0.3) is 0 Å². The molecule has 0 bridgehead atoms. The average Bonchev–Trinajstić information content (AvgIpc) is 2.45. The fourth-order valence-electron chi connectivity index (χ4n) is 2.74. The van der Waals surface area contributed by atoms with Crippen LogP contribution in [0.15, 0.2) is 24.4 Å². The van der Waals surface area contributed by atoms with E-state index in [1.165, 1.54) is 6.20 Å². The molecule has 2 N–H and O–H groups in total. The van der Waals surface area contributed by atoms with Crippen LogP contribution in [0.25, 0.3) is 10.9 Å². The first-order valence-corrected chi connectivity index (χ1v) is 7.22. The summed E-state index contributed by atoms with van der Waals surface area (Å²) in [5.74, 6) is -0.414. The molecule has 1 aromatic heterocycles. The molecular weight excluding hydrogens is 279 g/mol. The number of nitrogens with zero attached hydrogens (tertiary/aromatic N) is 1. The van der Waals surface area contributed by atoms with E-state index in [-0.39, 0.29) is 11.6 Å². The molecule has 1 aliphatic carbocycles. The van der Waals surface area contributed by atoms with Crippen molar-refractivity contribution in [3.63, 3.8) is 0 Å². The van der Waals surface area contributed by atoms with Crippen molar-refractivity contribution >= 4 is 28.2 Å². The van der Waals surface area contributed by atoms with Gasteiger partial charge >= 0.3 is 0 Å². The van der Waals surface area contributed by atoms with E-state index in [1.54, 1.807) is 18.2 Å². The van der Waals surface area contributed by atoms with Gasteiger partial charge in [0.05, 0.1) is 22.9 Å². The van der Waals surface area contributed by atoms with Crippen LogP contribution in [-0.2, 0) is 0 Å². The first kappa shape index (κ1) is 13.6. The van der Waals surface area contributed by atoms with Gasteiger partial charge in [0.1, 0.15) is 5.52 Å². The molecule has 106 valence electrons. The van der Waals surface area contributed by atoms with Crippen LogP contribution >= 0.6 is 11.6 Å². The summed E-state index contributed by atoms with van der Waals surface area (Å²) in [5, 5.41) is 14.1. The van der Waals surface area contributed by atoms with Crippen molar-refractivity contribution in [2.24, 2.45) is 0 Å². The molecule has 1 fully saturated rings. The molecule has 2 aromatic rings. The summed E-state index contributed by atoms with van der Waals surface area (Å²) >= 11 is 6.03. The van der Waals surface area contributed by atoms with E-state index in [2.05, 4.69) is 10.3 Å². The largest absolute Gasteiger partial charge is 0.391 e. The molecule has 2 atom stereocenters. The Kier molecular flexibility index (Phi) is 3.76. The second-order valence-electron chi connectivity index (χ2n) is 5.22. The molecule has 3 rings (SSSR count). The van der Waals surface area contributed by atoms with Gasteiger partial charge in [-0.2, -0.15) is 0 Å². The van der Waals surface area contributed by atoms with Gasteiger partial charge in [-0.05, 0) is 31.0 Å². The van der Waals surface area contributed by atoms with E-state index in [4.69, 9.17) is 11.6 Å². The summed E-state index contributed by atoms with van der Waals surface area (Å²) in [6, 6.07) is 4.95. The minimum Gasteiger partial charge on any atom is -0.391 e. The summed E-state index contributed by atoms with van der Waals surface area (Å²) in [4.78, 5) is 4.05. The normalized spacial score (nSPS) is 22.9. The van der Waals surface area contributed by atoms with Gasteiger partial charge in [-0.3, -0.25) is 4.98 Å². The van der Waals surface area contributed by atoms with Gasteiger partial charge in [-0.25, -0.2) is 4.39 Å². The Balaban J connectivity index is 1.94. The number of hydrogen-bond donors (Lipinski definition) is 2. The number of hydrogen-bond acceptors (Lipinski definition) is 3. The van der Waals surface area contributed by atoms with Crippen LogP contribution in [0.5, 0.6) is 0 Å². The van der Waals surface area contributed by atoms with Crippen molar-refractivity contribution in [3.05, 3.63) is 35.2 Å². The van der Waals surface area contributed by atoms with Crippen LogP contribution in [0.2, 0.25) is 5.02 Å². The molecule has 1 heterocycles. The molecule has 20 heavy (non-hydrogen) atoms. The van der Waals surface area contributed by atoms with E-state index in [9.17, 15) is 9.50 Å². The molecule has 1 aromatic carbocycles. The molecule has 0 spiro atoms. The van der Waals surface area contributed by atoms with Gasteiger partial charge in [-0.1, -0.05) is 24.4 Å². The lowest BCUT2D eigenvalue weighted by Gasteiger charge is -2.29. The van der Waals surface area contributed by atoms with Gasteiger partial charge in [-0.15, -0.1) is 0 Å². The van der Waals surface area contributed by atoms with E-state index in [1.807, 2.05) is 0 Å². The number of rotatable bonds is 2. The topological polar surface area (TPSA) is 45.1 Å². The molecule has 0 amide bonds. The third-order valence-electron chi connectivity index (χ3n) is 3.87. The minimum atomic E-state index is -0.425. The molecule has 0 radical (unpaired) electrons. The Hall–Kier alpha value is -1.39. The quantitative estimate of drug-likeness (QED) is 0.887. The van der Waals surface area contributed by atoms with E-state index < -0.39 is 11.9 Å². The highest BCUT2D eigenvalue weighted by molar-refractivity contribution is 6.35. The average molecular weight is 295 g/mol. The highest BCUT2D eigenvalue weighted by Crippen LogP contribution is 2.30. The van der Waals surface area contributed by atoms with Crippen LogP contribution in [0, 0.1) is 5.82 Å². The Morgan fingerprint density at radius 2 is 2.05 bits per heavy atom. The zero-order valence-corrected chi connectivity index (χ0v) is 11.7. The van der Waals surface area contributed by atoms with Gasteiger partial charge in [0.15, 0.2) is 5.82 Å². The second kappa shape index (κ2) is 5.54. The number of aliphatic hydroxyl groups is 1.